The topological polar surface area (TPSA) is 73.6 Å². The summed E-state index contributed by atoms with van der Waals surface area (Å²) in [6.07, 6.45) is 4.48. The van der Waals surface area contributed by atoms with E-state index in [2.05, 4.69) is 78.1 Å². The van der Waals surface area contributed by atoms with E-state index in [-0.39, 0.29) is 17.4 Å². The van der Waals surface area contributed by atoms with Gasteiger partial charge in [-0.1, -0.05) is 65.8 Å². The van der Waals surface area contributed by atoms with Crippen LogP contribution in [0.4, 0.5) is 5.69 Å². The number of nitrogens with one attached hydrogen (secondary N) is 1. The van der Waals surface area contributed by atoms with E-state index in [1.54, 1.807) is 7.11 Å². The van der Waals surface area contributed by atoms with Crippen molar-refractivity contribution < 1.29 is 18.8 Å². The maximum absolute atomic E-state index is 12.1. The fraction of sp³-hybridized carbons (Fsp3) is 0.353. The number of carbonyl (C=O) groups is 1. The molecule has 0 radical (unpaired) electrons. The first-order valence-electron chi connectivity index (χ1n) is 14.1. The van der Waals surface area contributed by atoms with Crippen molar-refractivity contribution in [2.24, 2.45) is 0 Å². The quantitative estimate of drug-likeness (QED) is 0.186. The van der Waals surface area contributed by atoms with Gasteiger partial charge in [0.05, 0.1) is 20.1 Å². The molecule has 1 aromatic heterocycles. The van der Waals surface area contributed by atoms with E-state index in [9.17, 15) is 4.79 Å². The van der Waals surface area contributed by atoms with Crippen molar-refractivity contribution in [1.29, 1.82) is 0 Å². The first kappa shape index (κ1) is 27.5. The smallest absolute Gasteiger partial charge is 0.306 e. The largest absolute Gasteiger partial charge is 0.497 e. The van der Waals surface area contributed by atoms with Crippen LogP contribution in [-0.2, 0) is 21.4 Å². The van der Waals surface area contributed by atoms with Gasteiger partial charge in [0.15, 0.2) is 5.76 Å². The Labute approximate surface area is 236 Å². The average Bonchev–Trinajstić information content (AvgIpc) is 3.67. The van der Waals surface area contributed by atoms with Crippen molar-refractivity contribution in [3.63, 3.8) is 0 Å². The van der Waals surface area contributed by atoms with E-state index in [1.807, 2.05) is 26.0 Å². The van der Waals surface area contributed by atoms with Gasteiger partial charge < -0.3 is 19.3 Å². The number of carbonyl (C=O) groups excluding carboxylic acids is 1. The number of esters is 1. The van der Waals surface area contributed by atoms with Crippen LogP contribution in [-0.4, -0.2) is 30.9 Å². The number of anilines is 1. The first-order chi connectivity index (χ1) is 19.4. The van der Waals surface area contributed by atoms with Gasteiger partial charge in [-0.15, -0.1) is 0 Å². The first-order valence-corrected chi connectivity index (χ1v) is 14.1. The average molecular weight is 539 g/mol. The zero-order valence-electron chi connectivity index (χ0n) is 23.8. The Hall–Kier alpha value is -4.06. The Morgan fingerprint density at radius 3 is 2.20 bits per heavy atom. The van der Waals surface area contributed by atoms with Gasteiger partial charge in [-0.25, -0.2) is 0 Å². The van der Waals surface area contributed by atoms with E-state index in [1.165, 1.54) is 11.1 Å². The molecule has 4 aromatic rings. The predicted molar refractivity (Wildman–Crippen MR) is 159 cm³/mol. The lowest BCUT2D eigenvalue weighted by molar-refractivity contribution is -0.143. The lowest BCUT2D eigenvalue weighted by Crippen LogP contribution is -2.16. The predicted octanol–water partition coefficient (Wildman–Crippen LogP) is 7.74. The lowest BCUT2D eigenvalue weighted by Gasteiger charge is -2.16. The summed E-state index contributed by atoms with van der Waals surface area (Å²) in [5.74, 6) is 1.52. The van der Waals surface area contributed by atoms with Gasteiger partial charge in [0.2, 0.25) is 0 Å². The normalized spacial score (nSPS) is 14.4. The highest BCUT2D eigenvalue weighted by molar-refractivity contribution is 5.77. The second kappa shape index (κ2) is 12.0. The van der Waals surface area contributed by atoms with Crippen LogP contribution in [0.15, 0.2) is 77.3 Å². The van der Waals surface area contributed by atoms with Gasteiger partial charge in [-0.3, -0.25) is 4.79 Å². The van der Waals surface area contributed by atoms with Gasteiger partial charge >= 0.3 is 5.97 Å². The molecule has 1 N–H and O–H groups in total. The summed E-state index contributed by atoms with van der Waals surface area (Å²) in [5, 5.41) is 7.88. The molecule has 3 aromatic carbocycles. The number of rotatable bonds is 12. The summed E-state index contributed by atoms with van der Waals surface area (Å²) in [6, 6.07) is 25.5. The highest BCUT2D eigenvalue weighted by atomic mass is 16.5. The highest BCUT2D eigenvalue weighted by Crippen LogP contribution is 2.51. The van der Waals surface area contributed by atoms with Gasteiger partial charge in [0.1, 0.15) is 17.1 Å². The van der Waals surface area contributed by atoms with Crippen molar-refractivity contribution >= 4 is 11.7 Å². The second-order valence-electron chi connectivity index (χ2n) is 10.8. The van der Waals surface area contributed by atoms with E-state index < -0.39 is 0 Å². The van der Waals surface area contributed by atoms with Crippen molar-refractivity contribution in [1.82, 2.24) is 5.16 Å². The van der Waals surface area contributed by atoms with Crippen LogP contribution in [0, 0.1) is 6.92 Å². The maximum Gasteiger partial charge on any atom is 0.306 e. The molecule has 40 heavy (non-hydrogen) atoms. The van der Waals surface area contributed by atoms with Gasteiger partial charge in [-0.05, 0) is 80.8 Å². The van der Waals surface area contributed by atoms with Crippen LogP contribution in [0.2, 0.25) is 0 Å². The summed E-state index contributed by atoms with van der Waals surface area (Å²) in [7, 11) is 1.69. The fourth-order valence-electron chi connectivity index (χ4n) is 5.27. The van der Waals surface area contributed by atoms with E-state index in [0.717, 1.165) is 65.3 Å². The Morgan fingerprint density at radius 2 is 1.60 bits per heavy atom. The molecular formula is C34H38N2O4. The summed E-state index contributed by atoms with van der Waals surface area (Å²) in [5.41, 5.74) is 7.50. The molecule has 1 fully saturated rings. The van der Waals surface area contributed by atoms with Crippen LogP contribution < -0.4 is 10.1 Å². The Kier molecular flexibility index (Phi) is 8.24. The van der Waals surface area contributed by atoms with Crippen LogP contribution in [0.25, 0.3) is 22.5 Å². The molecule has 0 bridgehead atoms. The van der Waals surface area contributed by atoms with Crippen molar-refractivity contribution in [3.05, 3.63) is 89.6 Å². The molecule has 0 aliphatic heterocycles. The standard InChI is InChI=1S/C34H38N2O4/c1-5-39-31(37)22-34(20-21-34)29-16-14-27(15-17-29)26-10-12-28(13-11-26)33-32(24(3)36-40-33)35-23(2)6-7-25-8-18-30(38-4)19-9-25/h8-19,23,35H,5-7,20-22H2,1-4H3. The van der Waals surface area contributed by atoms with Gasteiger partial charge in [0, 0.05) is 17.0 Å². The number of hydrogen-bond acceptors (Lipinski definition) is 6. The van der Waals surface area contributed by atoms with E-state index >= 15 is 0 Å². The third-order valence-electron chi connectivity index (χ3n) is 7.90. The van der Waals surface area contributed by atoms with Crippen molar-refractivity contribution in [2.45, 2.75) is 64.3 Å². The van der Waals surface area contributed by atoms with Crippen LogP contribution in [0.1, 0.15) is 56.4 Å². The second-order valence-corrected chi connectivity index (χ2v) is 10.8. The monoisotopic (exact) mass is 538 g/mol. The van der Waals surface area contributed by atoms with Crippen molar-refractivity contribution in [2.75, 3.05) is 19.0 Å². The molecule has 1 saturated carbocycles. The highest BCUT2D eigenvalue weighted by Gasteiger charge is 2.46. The minimum absolute atomic E-state index is 0.0477. The number of methoxy groups -OCH3 is 1. The molecule has 208 valence electrons. The van der Waals surface area contributed by atoms with Gasteiger partial charge in [-0.2, -0.15) is 0 Å². The zero-order chi connectivity index (χ0) is 28.1. The molecule has 0 saturated heterocycles. The van der Waals surface area contributed by atoms with Crippen LogP contribution >= 0.6 is 0 Å². The third kappa shape index (κ3) is 6.22. The maximum atomic E-state index is 12.1. The van der Waals surface area contributed by atoms with E-state index in [0.29, 0.717) is 13.0 Å². The molecule has 6 heteroatoms. The number of benzene rings is 3. The summed E-state index contributed by atoms with van der Waals surface area (Å²) in [6.45, 7) is 6.43. The Balaban J connectivity index is 1.23. The number of ether oxygens (including phenoxy) is 2. The fourth-order valence-corrected chi connectivity index (χ4v) is 5.27. The minimum atomic E-state index is -0.109. The SMILES string of the molecule is CCOC(=O)CC1(c2ccc(-c3ccc(-c4onc(C)c4NC(C)CCc4ccc(OC)cc4)cc3)cc2)CC1. The van der Waals surface area contributed by atoms with Crippen LogP contribution in [0.5, 0.6) is 5.75 Å². The number of aryl methyl sites for hydroxylation is 2. The number of aromatic nitrogens is 1. The molecule has 1 unspecified atom stereocenters. The molecule has 1 atom stereocenters. The van der Waals surface area contributed by atoms with Gasteiger partial charge in [0.25, 0.3) is 0 Å². The molecule has 6 nitrogen and oxygen atoms in total. The number of nitrogens with zero attached hydrogens (tertiary/aromatic N) is 1. The summed E-state index contributed by atoms with van der Waals surface area (Å²) in [4.78, 5) is 12.1. The lowest BCUT2D eigenvalue weighted by atomic mass is 9.91. The van der Waals surface area contributed by atoms with E-state index in [4.69, 9.17) is 14.0 Å². The minimum Gasteiger partial charge on any atom is -0.497 e. The summed E-state index contributed by atoms with van der Waals surface area (Å²) < 4.78 is 16.2. The molecule has 1 aliphatic carbocycles. The molecule has 0 amide bonds. The number of hydrogen-bond donors (Lipinski definition) is 1. The molecule has 5 rings (SSSR count). The molecule has 1 heterocycles. The third-order valence-corrected chi connectivity index (χ3v) is 7.90. The Morgan fingerprint density at radius 1 is 0.975 bits per heavy atom. The summed E-state index contributed by atoms with van der Waals surface area (Å²) >= 11 is 0. The van der Waals surface area contributed by atoms with Crippen LogP contribution in [0.3, 0.4) is 0 Å². The zero-order valence-corrected chi connectivity index (χ0v) is 23.8. The molecule has 1 aliphatic rings. The molecule has 0 spiro atoms. The Bertz CT molecular complexity index is 1420. The van der Waals surface area contributed by atoms with Crippen molar-refractivity contribution in [3.8, 4) is 28.2 Å². The molecular weight excluding hydrogens is 500 g/mol.